The normalized spacial score (nSPS) is 15.6. The standard InChI is InChI=1S/C24H23ClF3N3O3S2/c25-18-5-1-16(2-6-18)23(32)29-15-21-9-10-22(35-21)36(33,34)31-13-11-20(12-14-31)30-19-7-3-17(4-8-19)24(26,27)28/h1-10,20,30H,11-15H2,(H,29,32). The van der Waals surface area contributed by atoms with Crippen molar-refractivity contribution in [3.05, 3.63) is 81.7 Å². The van der Waals surface area contributed by atoms with E-state index in [1.165, 1.54) is 22.5 Å². The van der Waals surface area contributed by atoms with E-state index in [0.29, 0.717) is 47.1 Å². The van der Waals surface area contributed by atoms with Crippen LogP contribution in [0.1, 0.15) is 33.6 Å². The Kier molecular flexibility index (Phi) is 7.93. The zero-order chi connectivity index (χ0) is 25.9. The number of thiophene rings is 1. The number of hydrogen-bond donors (Lipinski definition) is 2. The van der Waals surface area contributed by atoms with Crippen molar-refractivity contribution in [1.82, 2.24) is 9.62 Å². The zero-order valence-corrected chi connectivity index (χ0v) is 21.3. The van der Waals surface area contributed by atoms with Gasteiger partial charge in [-0.15, -0.1) is 11.3 Å². The molecule has 1 saturated heterocycles. The minimum absolute atomic E-state index is 0.0461. The van der Waals surface area contributed by atoms with Gasteiger partial charge in [-0.05, 0) is 73.5 Å². The number of anilines is 1. The van der Waals surface area contributed by atoms with Gasteiger partial charge >= 0.3 is 6.18 Å². The Balaban J connectivity index is 1.30. The molecule has 36 heavy (non-hydrogen) atoms. The summed E-state index contributed by atoms with van der Waals surface area (Å²) in [4.78, 5) is 13.0. The Hall–Kier alpha value is -2.60. The van der Waals surface area contributed by atoms with E-state index >= 15 is 0 Å². The van der Waals surface area contributed by atoms with E-state index in [4.69, 9.17) is 11.6 Å². The molecule has 3 aromatic rings. The van der Waals surface area contributed by atoms with Crippen LogP contribution in [0, 0.1) is 0 Å². The lowest BCUT2D eigenvalue weighted by atomic mass is 10.1. The van der Waals surface area contributed by atoms with Gasteiger partial charge in [-0.1, -0.05) is 11.6 Å². The summed E-state index contributed by atoms with van der Waals surface area (Å²) in [6, 6.07) is 14.4. The second kappa shape index (κ2) is 10.8. The lowest BCUT2D eigenvalue weighted by Gasteiger charge is -2.31. The van der Waals surface area contributed by atoms with Crippen molar-refractivity contribution < 1.29 is 26.4 Å². The molecule has 2 N–H and O–H groups in total. The highest BCUT2D eigenvalue weighted by Crippen LogP contribution is 2.31. The first kappa shape index (κ1) is 26.5. The molecule has 0 unspecified atom stereocenters. The summed E-state index contributed by atoms with van der Waals surface area (Å²) in [5.41, 5.74) is 0.304. The number of alkyl halides is 3. The van der Waals surface area contributed by atoms with Crippen LogP contribution in [0.15, 0.2) is 64.9 Å². The Morgan fingerprint density at radius 2 is 1.64 bits per heavy atom. The van der Waals surface area contributed by atoms with Gasteiger partial charge < -0.3 is 10.6 Å². The third-order valence-corrected chi connectivity index (χ3v) is 9.50. The van der Waals surface area contributed by atoms with Gasteiger partial charge in [0.1, 0.15) is 4.21 Å². The largest absolute Gasteiger partial charge is 0.416 e. The van der Waals surface area contributed by atoms with Crippen LogP contribution in [0.3, 0.4) is 0 Å². The van der Waals surface area contributed by atoms with Crippen LogP contribution in [0.2, 0.25) is 5.02 Å². The Morgan fingerprint density at radius 1 is 1.00 bits per heavy atom. The van der Waals surface area contributed by atoms with Gasteiger partial charge in [0.25, 0.3) is 15.9 Å². The predicted octanol–water partition coefficient (Wildman–Crippen LogP) is 5.62. The van der Waals surface area contributed by atoms with Gasteiger partial charge in [-0.3, -0.25) is 4.79 Å². The molecule has 2 heterocycles. The van der Waals surface area contributed by atoms with Crippen LogP contribution in [0.4, 0.5) is 18.9 Å². The topological polar surface area (TPSA) is 78.5 Å². The van der Waals surface area contributed by atoms with Gasteiger partial charge in [-0.2, -0.15) is 17.5 Å². The molecule has 0 spiro atoms. The predicted molar refractivity (Wildman–Crippen MR) is 134 cm³/mol. The monoisotopic (exact) mass is 557 g/mol. The second-order valence-electron chi connectivity index (χ2n) is 8.31. The highest BCUT2D eigenvalue weighted by Gasteiger charge is 2.32. The number of hydrogen-bond acceptors (Lipinski definition) is 5. The third-order valence-electron chi connectivity index (χ3n) is 5.80. The third kappa shape index (κ3) is 6.39. The molecule has 2 aromatic carbocycles. The van der Waals surface area contributed by atoms with Crippen LogP contribution < -0.4 is 10.6 Å². The molecule has 0 aliphatic carbocycles. The molecule has 0 bridgehead atoms. The number of nitrogens with zero attached hydrogens (tertiary/aromatic N) is 1. The molecule has 1 aliphatic heterocycles. The van der Waals surface area contributed by atoms with E-state index in [9.17, 15) is 26.4 Å². The minimum Gasteiger partial charge on any atom is -0.382 e. The van der Waals surface area contributed by atoms with Gasteiger partial charge in [-0.25, -0.2) is 8.42 Å². The number of nitrogens with one attached hydrogen (secondary N) is 2. The average molecular weight is 558 g/mol. The minimum atomic E-state index is -4.39. The van der Waals surface area contributed by atoms with E-state index in [1.807, 2.05) is 0 Å². The quantitative estimate of drug-likeness (QED) is 0.395. The second-order valence-corrected chi connectivity index (χ2v) is 12.1. The number of carbonyl (C=O) groups excluding carboxylic acids is 1. The van der Waals surface area contributed by atoms with Crippen molar-refractivity contribution in [3.63, 3.8) is 0 Å². The van der Waals surface area contributed by atoms with Crippen LogP contribution in [0.25, 0.3) is 0 Å². The van der Waals surface area contributed by atoms with Gasteiger partial charge in [0.2, 0.25) is 0 Å². The molecule has 1 aliphatic rings. The fourth-order valence-corrected chi connectivity index (χ4v) is 6.87. The lowest BCUT2D eigenvalue weighted by molar-refractivity contribution is -0.137. The number of piperidine rings is 1. The summed E-state index contributed by atoms with van der Waals surface area (Å²) >= 11 is 6.94. The van der Waals surface area contributed by atoms with Gasteiger partial charge in [0.15, 0.2) is 0 Å². The molecule has 6 nitrogen and oxygen atoms in total. The molecule has 12 heteroatoms. The first-order chi connectivity index (χ1) is 17.0. The van der Waals surface area contributed by atoms with Crippen LogP contribution in [-0.2, 0) is 22.7 Å². The number of amides is 1. The molecule has 192 valence electrons. The highest BCUT2D eigenvalue weighted by molar-refractivity contribution is 7.91. The number of benzene rings is 2. The molecule has 1 amide bonds. The number of sulfonamides is 1. The number of halogens is 4. The Bertz CT molecular complexity index is 1300. The van der Waals surface area contributed by atoms with Crippen molar-refractivity contribution in [3.8, 4) is 0 Å². The van der Waals surface area contributed by atoms with Gasteiger partial charge in [0.05, 0.1) is 12.1 Å². The SMILES string of the molecule is O=C(NCc1ccc(S(=O)(=O)N2CCC(Nc3ccc(C(F)(F)F)cc3)CC2)s1)c1ccc(Cl)cc1. The number of carbonyl (C=O) groups is 1. The summed E-state index contributed by atoms with van der Waals surface area (Å²) in [7, 11) is -3.68. The fraction of sp³-hybridized carbons (Fsp3) is 0.292. The van der Waals surface area contributed by atoms with Crippen LogP contribution in [0.5, 0.6) is 0 Å². The zero-order valence-electron chi connectivity index (χ0n) is 18.9. The maximum absolute atomic E-state index is 13.1. The van der Waals surface area contributed by atoms with Crippen molar-refractivity contribution >= 4 is 44.6 Å². The van der Waals surface area contributed by atoms with E-state index in [-0.39, 0.29) is 22.7 Å². The van der Waals surface area contributed by atoms with Crippen LogP contribution >= 0.6 is 22.9 Å². The summed E-state index contributed by atoms with van der Waals surface area (Å²) in [5.74, 6) is -0.285. The molecule has 0 saturated carbocycles. The van der Waals surface area contributed by atoms with E-state index in [1.54, 1.807) is 30.3 Å². The summed E-state index contributed by atoms with van der Waals surface area (Å²) in [5, 5.41) is 6.48. The van der Waals surface area contributed by atoms with Crippen molar-refractivity contribution in [1.29, 1.82) is 0 Å². The first-order valence-corrected chi connectivity index (χ1v) is 13.7. The smallest absolute Gasteiger partial charge is 0.382 e. The average Bonchev–Trinajstić information content (AvgIpc) is 3.33. The first-order valence-electron chi connectivity index (χ1n) is 11.1. The molecule has 1 fully saturated rings. The van der Waals surface area contributed by atoms with Crippen molar-refractivity contribution in [2.45, 2.75) is 35.8 Å². The number of rotatable bonds is 7. The van der Waals surface area contributed by atoms with Crippen molar-refractivity contribution in [2.75, 3.05) is 18.4 Å². The fourth-order valence-electron chi connectivity index (χ4n) is 3.82. The Labute approximate surface area is 216 Å². The molecule has 0 radical (unpaired) electrons. The summed E-state index contributed by atoms with van der Waals surface area (Å²) < 4.78 is 66.0. The van der Waals surface area contributed by atoms with Crippen LogP contribution in [-0.4, -0.2) is 37.8 Å². The molecule has 4 rings (SSSR count). The summed E-state index contributed by atoms with van der Waals surface area (Å²) in [6.45, 7) is 0.781. The maximum atomic E-state index is 13.1. The maximum Gasteiger partial charge on any atom is 0.416 e. The Morgan fingerprint density at radius 3 is 2.25 bits per heavy atom. The van der Waals surface area contributed by atoms with E-state index in [2.05, 4.69) is 10.6 Å². The molecule has 1 aromatic heterocycles. The highest BCUT2D eigenvalue weighted by atomic mass is 35.5. The summed E-state index contributed by atoms with van der Waals surface area (Å²) in [6.07, 6.45) is -3.34. The molecule has 0 atom stereocenters. The van der Waals surface area contributed by atoms with E-state index < -0.39 is 21.8 Å². The molecular weight excluding hydrogens is 535 g/mol. The van der Waals surface area contributed by atoms with E-state index in [0.717, 1.165) is 23.5 Å². The lowest BCUT2D eigenvalue weighted by Crippen LogP contribution is -2.42. The van der Waals surface area contributed by atoms with Crippen molar-refractivity contribution in [2.24, 2.45) is 0 Å². The molecular formula is C24H23ClF3N3O3S2. The van der Waals surface area contributed by atoms with Gasteiger partial charge in [0, 0.05) is 40.3 Å².